The molecule has 2 saturated heterocycles. The van der Waals surface area contributed by atoms with Crippen molar-refractivity contribution in [3.05, 3.63) is 65.0 Å². The predicted molar refractivity (Wildman–Crippen MR) is 133 cm³/mol. The van der Waals surface area contributed by atoms with Gasteiger partial charge in [0.05, 0.1) is 24.6 Å². The van der Waals surface area contributed by atoms with Crippen LogP contribution < -0.4 is 10.6 Å². The minimum Gasteiger partial charge on any atom is -0.469 e. The number of carbonyl (C=O) groups is 2. The number of ether oxygens (including phenoxy) is 1. The van der Waals surface area contributed by atoms with Crippen LogP contribution in [-0.2, 0) is 9.53 Å². The maximum atomic E-state index is 14.9. The zero-order valence-electron chi connectivity index (χ0n) is 20.4. The van der Waals surface area contributed by atoms with Crippen molar-refractivity contribution in [3.8, 4) is 0 Å². The van der Waals surface area contributed by atoms with E-state index in [9.17, 15) is 14.0 Å². The maximum Gasteiger partial charge on any atom is 0.311 e. The number of anilines is 1. The molecule has 5 rings (SSSR count). The highest BCUT2D eigenvalue weighted by Gasteiger charge is 2.50. The molecule has 2 heterocycles. The van der Waals surface area contributed by atoms with Gasteiger partial charge >= 0.3 is 5.97 Å². The third kappa shape index (κ3) is 4.54. The van der Waals surface area contributed by atoms with E-state index in [0.717, 1.165) is 17.8 Å². The molecule has 2 N–H and O–H groups in total. The van der Waals surface area contributed by atoms with Gasteiger partial charge in [-0.25, -0.2) is 4.39 Å². The number of rotatable bonds is 5. The number of aryl methyl sites for hydroxylation is 1. The van der Waals surface area contributed by atoms with Crippen molar-refractivity contribution < 1.29 is 18.7 Å². The first-order valence-electron chi connectivity index (χ1n) is 12.7. The molecular formula is C28H34FN3O3. The van der Waals surface area contributed by atoms with Gasteiger partial charge in [0.15, 0.2) is 0 Å². The standard InChI is InChI=1S/C28H34FN3O3/c1-17-6-5-9-23(29)25(17)27(33)32-24-16-30-15-19(24)14-22(28(34)35-2)26(32)18-10-12-21(13-11-18)31-20-7-3-4-8-20/h5-6,9-13,19-20,22,24,26,30-31H,3-4,7-8,14-16H2,1-2H3. The van der Waals surface area contributed by atoms with Crippen LogP contribution in [0.15, 0.2) is 42.5 Å². The first kappa shape index (κ1) is 23.8. The Morgan fingerprint density at radius 3 is 2.51 bits per heavy atom. The molecule has 6 nitrogen and oxygen atoms in total. The number of carbonyl (C=O) groups excluding carboxylic acids is 2. The Bertz CT molecular complexity index is 1060. The van der Waals surface area contributed by atoms with E-state index in [1.54, 1.807) is 24.0 Å². The lowest BCUT2D eigenvalue weighted by Gasteiger charge is -2.47. The molecule has 2 aromatic rings. The number of nitrogens with zero attached hydrogens (tertiary/aromatic N) is 1. The summed E-state index contributed by atoms with van der Waals surface area (Å²) in [5.41, 5.74) is 2.57. The van der Waals surface area contributed by atoms with Gasteiger partial charge in [0.25, 0.3) is 5.91 Å². The summed E-state index contributed by atoms with van der Waals surface area (Å²) in [6.07, 6.45) is 5.48. The molecule has 4 atom stereocenters. The summed E-state index contributed by atoms with van der Waals surface area (Å²) in [6.45, 7) is 3.09. The van der Waals surface area contributed by atoms with E-state index in [4.69, 9.17) is 4.74 Å². The third-order valence-electron chi connectivity index (χ3n) is 8.05. The zero-order valence-corrected chi connectivity index (χ0v) is 20.4. The van der Waals surface area contributed by atoms with Gasteiger partial charge in [0.2, 0.25) is 0 Å². The Morgan fingerprint density at radius 1 is 1.09 bits per heavy atom. The first-order valence-corrected chi connectivity index (χ1v) is 12.7. The van der Waals surface area contributed by atoms with Crippen molar-refractivity contribution >= 4 is 17.6 Å². The van der Waals surface area contributed by atoms with E-state index in [0.29, 0.717) is 24.6 Å². The van der Waals surface area contributed by atoms with Gasteiger partial charge in [-0.15, -0.1) is 0 Å². The van der Waals surface area contributed by atoms with E-state index >= 15 is 0 Å². The highest BCUT2D eigenvalue weighted by atomic mass is 19.1. The fraction of sp³-hybridized carbons (Fsp3) is 0.500. The number of benzene rings is 2. The number of piperidine rings is 1. The molecule has 35 heavy (non-hydrogen) atoms. The summed E-state index contributed by atoms with van der Waals surface area (Å²) in [4.78, 5) is 28.8. The largest absolute Gasteiger partial charge is 0.469 e. The average molecular weight is 480 g/mol. The number of hydrogen-bond donors (Lipinski definition) is 2. The van der Waals surface area contributed by atoms with Crippen LogP contribution in [0.4, 0.5) is 10.1 Å². The highest BCUT2D eigenvalue weighted by molar-refractivity contribution is 5.97. The van der Waals surface area contributed by atoms with Crippen LogP contribution in [0.3, 0.4) is 0 Å². The van der Waals surface area contributed by atoms with E-state index in [-0.39, 0.29) is 29.4 Å². The number of esters is 1. The van der Waals surface area contributed by atoms with E-state index in [2.05, 4.69) is 10.6 Å². The molecule has 1 aliphatic carbocycles. The first-order chi connectivity index (χ1) is 17.0. The summed E-state index contributed by atoms with van der Waals surface area (Å²) in [6, 6.07) is 12.6. The van der Waals surface area contributed by atoms with Crippen LogP contribution in [0.5, 0.6) is 0 Å². The van der Waals surface area contributed by atoms with Crippen LogP contribution in [0, 0.1) is 24.6 Å². The fourth-order valence-corrected chi connectivity index (χ4v) is 6.30. The van der Waals surface area contributed by atoms with Crippen LogP contribution in [-0.4, -0.2) is 49.1 Å². The Morgan fingerprint density at radius 2 is 1.83 bits per heavy atom. The van der Waals surface area contributed by atoms with Crippen LogP contribution in [0.2, 0.25) is 0 Å². The van der Waals surface area contributed by atoms with Gasteiger partial charge in [-0.05, 0) is 61.4 Å². The van der Waals surface area contributed by atoms with Crippen molar-refractivity contribution in [1.82, 2.24) is 10.2 Å². The fourth-order valence-electron chi connectivity index (χ4n) is 6.30. The molecular weight excluding hydrogens is 445 g/mol. The summed E-state index contributed by atoms with van der Waals surface area (Å²) in [5, 5.41) is 6.98. The summed E-state index contributed by atoms with van der Waals surface area (Å²) in [7, 11) is 1.39. The van der Waals surface area contributed by atoms with Gasteiger partial charge in [-0.2, -0.15) is 0 Å². The number of halogens is 1. The molecule has 7 heteroatoms. The number of nitrogens with one attached hydrogen (secondary N) is 2. The second-order valence-electron chi connectivity index (χ2n) is 10.2. The molecule has 3 fully saturated rings. The zero-order chi connectivity index (χ0) is 24.5. The molecule has 2 aromatic carbocycles. The monoisotopic (exact) mass is 479 g/mol. The van der Waals surface area contributed by atoms with Crippen molar-refractivity contribution in [2.75, 3.05) is 25.5 Å². The minimum absolute atomic E-state index is 0.0770. The number of fused-ring (bicyclic) bond motifs is 1. The van der Waals surface area contributed by atoms with Gasteiger partial charge in [0.1, 0.15) is 5.82 Å². The highest BCUT2D eigenvalue weighted by Crippen LogP contribution is 2.45. The van der Waals surface area contributed by atoms with Crippen molar-refractivity contribution in [3.63, 3.8) is 0 Å². The number of likely N-dealkylation sites (tertiary alicyclic amines) is 1. The molecule has 0 aromatic heterocycles. The molecule has 0 radical (unpaired) electrons. The molecule has 0 spiro atoms. The van der Waals surface area contributed by atoms with Gasteiger partial charge < -0.3 is 20.3 Å². The lowest BCUT2D eigenvalue weighted by atomic mass is 9.76. The van der Waals surface area contributed by atoms with Crippen molar-refractivity contribution in [1.29, 1.82) is 0 Å². The number of amides is 1. The lowest BCUT2D eigenvalue weighted by molar-refractivity contribution is -0.151. The van der Waals surface area contributed by atoms with Gasteiger partial charge in [-0.3, -0.25) is 9.59 Å². The van der Waals surface area contributed by atoms with Crippen LogP contribution >= 0.6 is 0 Å². The molecule has 1 saturated carbocycles. The van der Waals surface area contributed by atoms with Gasteiger partial charge in [0, 0.05) is 30.9 Å². The summed E-state index contributed by atoms with van der Waals surface area (Å²) in [5.74, 6) is -1.66. The van der Waals surface area contributed by atoms with Gasteiger partial charge in [-0.1, -0.05) is 37.1 Å². The maximum absolute atomic E-state index is 14.9. The molecule has 1 amide bonds. The second-order valence-corrected chi connectivity index (χ2v) is 10.2. The lowest BCUT2D eigenvalue weighted by Crippen LogP contribution is -2.55. The quantitative estimate of drug-likeness (QED) is 0.620. The molecule has 2 aliphatic heterocycles. The molecule has 3 aliphatic rings. The van der Waals surface area contributed by atoms with E-state index in [1.165, 1.54) is 38.9 Å². The molecule has 4 unspecified atom stereocenters. The van der Waals surface area contributed by atoms with Crippen molar-refractivity contribution in [2.45, 2.75) is 57.2 Å². The second kappa shape index (κ2) is 9.97. The SMILES string of the molecule is COC(=O)C1CC2CNCC2N(C(=O)c2c(C)cccc2F)C1c1ccc(NC2CCCC2)cc1. The summed E-state index contributed by atoms with van der Waals surface area (Å²) < 4.78 is 20.1. The number of hydrogen-bond acceptors (Lipinski definition) is 5. The smallest absolute Gasteiger partial charge is 0.311 e. The topological polar surface area (TPSA) is 70.7 Å². The Balaban J connectivity index is 1.54. The number of methoxy groups -OCH3 is 1. The van der Waals surface area contributed by atoms with Crippen LogP contribution in [0.1, 0.15) is 59.6 Å². The van der Waals surface area contributed by atoms with Crippen molar-refractivity contribution in [2.24, 2.45) is 11.8 Å². The third-order valence-corrected chi connectivity index (χ3v) is 8.05. The summed E-state index contributed by atoms with van der Waals surface area (Å²) >= 11 is 0. The van der Waals surface area contributed by atoms with E-state index in [1.807, 2.05) is 24.3 Å². The molecule has 0 bridgehead atoms. The Kier molecular flexibility index (Phi) is 6.78. The Labute approximate surface area is 206 Å². The normalized spacial score (nSPS) is 26.4. The predicted octanol–water partition coefficient (Wildman–Crippen LogP) is 4.45. The molecule has 186 valence electrons. The van der Waals surface area contributed by atoms with Crippen LogP contribution in [0.25, 0.3) is 0 Å². The Hall–Kier alpha value is -2.93. The average Bonchev–Trinajstić information content (AvgIpc) is 3.54. The minimum atomic E-state index is -0.535. The van der Waals surface area contributed by atoms with E-state index < -0.39 is 17.8 Å².